The summed E-state index contributed by atoms with van der Waals surface area (Å²) in [5, 5.41) is 0. The number of benzene rings is 1. The lowest BCUT2D eigenvalue weighted by Crippen LogP contribution is -2.39. The summed E-state index contributed by atoms with van der Waals surface area (Å²) in [6.07, 6.45) is 1.66. The zero-order chi connectivity index (χ0) is 13.3. The molecular formula is C14H19NO3. The van der Waals surface area contributed by atoms with Gasteiger partial charge >= 0.3 is 0 Å². The first-order chi connectivity index (χ1) is 8.60. The molecule has 0 spiro atoms. The van der Waals surface area contributed by atoms with Gasteiger partial charge in [-0.25, -0.2) is 0 Å². The summed E-state index contributed by atoms with van der Waals surface area (Å²) < 4.78 is 10.7. The molecule has 4 nitrogen and oxygen atoms in total. The molecule has 98 valence electrons. The van der Waals surface area contributed by atoms with Gasteiger partial charge in [0, 0.05) is 11.1 Å². The minimum absolute atomic E-state index is 0.0319. The number of carbonyl (C=O) groups is 1. The number of carbonyl (C=O) groups excluding carboxylic acids is 1. The van der Waals surface area contributed by atoms with Crippen molar-refractivity contribution < 1.29 is 14.3 Å². The molecule has 0 saturated heterocycles. The van der Waals surface area contributed by atoms with Crippen molar-refractivity contribution in [2.45, 2.75) is 18.9 Å². The van der Waals surface area contributed by atoms with Crippen LogP contribution in [-0.4, -0.2) is 45.0 Å². The summed E-state index contributed by atoms with van der Waals surface area (Å²) >= 11 is 0. The summed E-state index contributed by atoms with van der Waals surface area (Å²) in [7, 11) is 7.10. The molecule has 0 amide bonds. The highest BCUT2D eigenvalue weighted by Gasteiger charge is 2.31. The third-order valence-corrected chi connectivity index (χ3v) is 3.51. The van der Waals surface area contributed by atoms with Crippen LogP contribution in [0.15, 0.2) is 12.1 Å². The molecule has 0 N–H and O–H groups in total. The molecule has 1 aromatic rings. The summed E-state index contributed by atoms with van der Waals surface area (Å²) in [5.41, 5.74) is 1.73. The van der Waals surface area contributed by atoms with Crippen molar-refractivity contribution in [3.8, 4) is 11.5 Å². The second-order valence-electron chi connectivity index (χ2n) is 4.71. The zero-order valence-electron chi connectivity index (χ0n) is 11.3. The topological polar surface area (TPSA) is 38.8 Å². The Morgan fingerprint density at radius 2 is 1.94 bits per heavy atom. The lowest BCUT2D eigenvalue weighted by Gasteiger charge is -2.29. The summed E-state index contributed by atoms with van der Waals surface area (Å²) in [5.74, 6) is 1.55. The van der Waals surface area contributed by atoms with Crippen LogP contribution in [0, 0.1) is 0 Å². The second-order valence-corrected chi connectivity index (χ2v) is 4.71. The van der Waals surface area contributed by atoms with Crippen molar-refractivity contribution in [2.24, 2.45) is 0 Å². The number of fused-ring (bicyclic) bond motifs is 1. The molecule has 2 rings (SSSR count). The molecule has 0 saturated carbocycles. The first kappa shape index (κ1) is 12.9. The number of methoxy groups -OCH3 is 2. The number of likely N-dealkylation sites (N-methyl/N-ethyl adjacent to an activating group) is 1. The molecule has 0 aromatic heterocycles. The molecule has 18 heavy (non-hydrogen) atoms. The molecule has 0 bridgehead atoms. The van der Waals surface area contributed by atoms with Gasteiger partial charge < -0.3 is 9.47 Å². The summed E-state index contributed by atoms with van der Waals surface area (Å²) in [4.78, 5) is 14.4. The lowest BCUT2D eigenvalue weighted by atomic mass is 9.86. The SMILES string of the molecule is COc1ccc2c(c1OC)CCC(N(C)C)C2=O. The number of hydrogen-bond acceptors (Lipinski definition) is 4. The van der Waals surface area contributed by atoms with E-state index in [2.05, 4.69) is 0 Å². The van der Waals surface area contributed by atoms with E-state index in [-0.39, 0.29) is 11.8 Å². The third kappa shape index (κ3) is 1.97. The molecule has 0 aliphatic heterocycles. The number of nitrogens with zero attached hydrogens (tertiary/aromatic N) is 1. The van der Waals surface area contributed by atoms with Crippen LogP contribution >= 0.6 is 0 Å². The molecule has 1 aliphatic rings. The first-order valence-corrected chi connectivity index (χ1v) is 6.04. The van der Waals surface area contributed by atoms with Gasteiger partial charge in [-0.05, 0) is 39.1 Å². The molecule has 1 atom stereocenters. The predicted molar refractivity (Wildman–Crippen MR) is 69.7 cm³/mol. The normalized spacial score (nSPS) is 18.7. The van der Waals surface area contributed by atoms with Crippen LogP contribution in [0.5, 0.6) is 11.5 Å². The smallest absolute Gasteiger partial charge is 0.180 e. The van der Waals surface area contributed by atoms with E-state index >= 15 is 0 Å². The molecule has 1 aliphatic carbocycles. The van der Waals surface area contributed by atoms with E-state index < -0.39 is 0 Å². The molecule has 0 fully saturated rings. The predicted octanol–water partition coefficient (Wildman–Crippen LogP) is 1.76. The standard InChI is InChI=1S/C14H19NO3/c1-15(2)11-7-5-10-9(13(11)16)6-8-12(17-3)14(10)18-4/h6,8,11H,5,7H2,1-4H3. The monoisotopic (exact) mass is 249 g/mol. The second kappa shape index (κ2) is 4.98. The molecule has 1 aromatic carbocycles. The quantitative estimate of drug-likeness (QED) is 0.818. The van der Waals surface area contributed by atoms with Gasteiger partial charge in [-0.15, -0.1) is 0 Å². The van der Waals surface area contributed by atoms with Gasteiger partial charge in [-0.1, -0.05) is 0 Å². The van der Waals surface area contributed by atoms with Gasteiger partial charge in [0.2, 0.25) is 0 Å². The number of hydrogen-bond donors (Lipinski definition) is 0. The number of rotatable bonds is 3. The van der Waals surface area contributed by atoms with Crippen molar-refractivity contribution in [1.29, 1.82) is 0 Å². The van der Waals surface area contributed by atoms with Crippen LogP contribution in [0.2, 0.25) is 0 Å². The molecule has 0 radical (unpaired) electrons. The van der Waals surface area contributed by atoms with E-state index in [1.54, 1.807) is 20.3 Å². The van der Waals surface area contributed by atoms with Crippen molar-refractivity contribution >= 4 is 5.78 Å². The average Bonchev–Trinajstić information content (AvgIpc) is 2.37. The van der Waals surface area contributed by atoms with E-state index in [0.717, 1.165) is 24.0 Å². The van der Waals surface area contributed by atoms with E-state index in [1.165, 1.54) is 0 Å². The van der Waals surface area contributed by atoms with Crippen molar-refractivity contribution in [3.05, 3.63) is 23.3 Å². The maximum atomic E-state index is 12.4. The van der Waals surface area contributed by atoms with E-state index in [0.29, 0.717) is 11.5 Å². The van der Waals surface area contributed by atoms with Crippen LogP contribution in [0.1, 0.15) is 22.3 Å². The zero-order valence-corrected chi connectivity index (χ0v) is 11.3. The Bertz CT molecular complexity index is 468. The fourth-order valence-electron chi connectivity index (χ4n) is 2.55. The lowest BCUT2D eigenvalue weighted by molar-refractivity contribution is 0.0852. The fourth-order valence-corrected chi connectivity index (χ4v) is 2.55. The minimum atomic E-state index is -0.0319. The first-order valence-electron chi connectivity index (χ1n) is 6.04. The Morgan fingerprint density at radius 3 is 2.50 bits per heavy atom. The van der Waals surface area contributed by atoms with Crippen LogP contribution in [0.25, 0.3) is 0 Å². The van der Waals surface area contributed by atoms with E-state index in [1.807, 2.05) is 25.1 Å². The molecule has 0 heterocycles. The van der Waals surface area contributed by atoms with Crippen LogP contribution < -0.4 is 9.47 Å². The molecule has 4 heteroatoms. The van der Waals surface area contributed by atoms with E-state index in [4.69, 9.17) is 9.47 Å². The van der Waals surface area contributed by atoms with E-state index in [9.17, 15) is 4.79 Å². The fraction of sp³-hybridized carbons (Fsp3) is 0.500. The minimum Gasteiger partial charge on any atom is -0.493 e. The largest absolute Gasteiger partial charge is 0.493 e. The van der Waals surface area contributed by atoms with Gasteiger partial charge in [0.1, 0.15) is 0 Å². The Morgan fingerprint density at radius 1 is 1.22 bits per heavy atom. The maximum Gasteiger partial charge on any atom is 0.180 e. The van der Waals surface area contributed by atoms with Crippen LogP contribution in [0.4, 0.5) is 0 Å². The highest BCUT2D eigenvalue weighted by molar-refractivity contribution is 6.03. The number of Topliss-reactive ketones (excluding diaryl/α,β-unsaturated/α-hetero) is 1. The average molecular weight is 249 g/mol. The van der Waals surface area contributed by atoms with Gasteiger partial charge in [-0.2, -0.15) is 0 Å². The van der Waals surface area contributed by atoms with Crippen molar-refractivity contribution in [3.63, 3.8) is 0 Å². The summed E-state index contributed by atoms with van der Waals surface area (Å²) in [6, 6.07) is 3.61. The van der Waals surface area contributed by atoms with Gasteiger partial charge in [-0.3, -0.25) is 9.69 Å². The van der Waals surface area contributed by atoms with Gasteiger partial charge in [0.25, 0.3) is 0 Å². The Kier molecular flexibility index (Phi) is 3.57. The summed E-state index contributed by atoms with van der Waals surface area (Å²) in [6.45, 7) is 0. The highest BCUT2D eigenvalue weighted by atomic mass is 16.5. The van der Waals surface area contributed by atoms with Crippen molar-refractivity contribution in [1.82, 2.24) is 4.90 Å². The number of ether oxygens (including phenoxy) is 2. The Balaban J connectivity index is 2.48. The van der Waals surface area contributed by atoms with Crippen molar-refractivity contribution in [2.75, 3.05) is 28.3 Å². The van der Waals surface area contributed by atoms with Gasteiger partial charge in [0.15, 0.2) is 17.3 Å². The highest BCUT2D eigenvalue weighted by Crippen LogP contribution is 2.37. The Hall–Kier alpha value is -1.55. The van der Waals surface area contributed by atoms with Crippen LogP contribution in [0.3, 0.4) is 0 Å². The Labute approximate surface area is 107 Å². The van der Waals surface area contributed by atoms with Crippen LogP contribution in [-0.2, 0) is 6.42 Å². The van der Waals surface area contributed by atoms with Gasteiger partial charge in [0.05, 0.1) is 20.3 Å². The third-order valence-electron chi connectivity index (χ3n) is 3.51. The number of ketones is 1. The molecular weight excluding hydrogens is 230 g/mol. The maximum absolute atomic E-state index is 12.4. The molecule has 1 unspecified atom stereocenters.